The molecule has 0 amide bonds. The van der Waals surface area contributed by atoms with Gasteiger partial charge in [0.05, 0.1) is 6.10 Å². The molecule has 0 aromatic heterocycles. The first-order valence-electron chi connectivity index (χ1n) is 7.01. The Morgan fingerprint density at radius 1 is 1.39 bits per heavy atom. The van der Waals surface area contributed by atoms with Crippen LogP contribution in [0.5, 0.6) is 0 Å². The van der Waals surface area contributed by atoms with E-state index in [1.165, 1.54) is 24.1 Å². The van der Waals surface area contributed by atoms with Crippen molar-refractivity contribution in [3.8, 4) is 0 Å². The molecule has 2 heterocycles. The number of nitrogens with one attached hydrogen (secondary N) is 1. The van der Waals surface area contributed by atoms with E-state index in [2.05, 4.69) is 35.5 Å². The summed E-state index contributed by atoms with van der Waals surface area (Å²) >= 11 is 0. The van der Waals surface area contributed by atoms with Crippen LogP contribution in [-0.4, -0.2) is 31.3 Å². The highest BCUT2D eigenvalue weighted by molar-refractivity contribution is 5.56. The minimum atomic E-state index is -0.356. The first kappa shape index (κ1) is 12.0. The number of hydrogen-bond donors (Lipinski definition) is 2. The number of aliphatic hydroxyl groups excluding tert-OH is 1. The van der Waals surface area contributed by atoms with Crippen molar-refractivity contribution in [3.05, 3.63) is 29.3 Å². The average molecular weight is 246 g/mol. The van der Waals surface area contributed by atoms with Gasteiger partial charge in [-0.25, -0.2) is 0 Å². The van der Waals surface area contributed by atoms with Gasteiger partial charge in [0.25, 0.3) is 0 Å². The Labute approximate surface area is 109 Å². The first-order chi connectivity index (χ1) is 8.75. The SMILES string of the molecule is CN1CCCc2cc(C(O)C3CCCN3)ccc21. The second-order valence-electron chi connectivity index (χ2n) is 5.56. The highest BCUT2D eigenvalue weighted by Gasteiger charge is 2.25. The van der Waals surface area contributed by atoms with Gasteiger partial charge in [-0.05, 0) is 49.4 Å². The summed E-state index contributed by atoms with van der Waals surface area (Å²) in [5, 5.41) is 13.8. The van der Waals surface area contributed by atoms with Gasteiger partial charge in [0.2, 0.25) is 0 Å². The van der Waals surface area contributed by atoms with Gasteiger partial charge < -0.3 is 15.3 Å². The van der Waals surface area contributed by atoms with Crippen molar-refractivity contribution in [1.29, 1.82) is 0 Å². The molecule has 0 spiro atoms. The van der Waals surface area contributed by atoms with Gasteiger partial charge in [-0.2, -0.15) is 0 Å². The van der Waals surface area contributed by atoms with Crippen LogP contribution in [0.4, 0.5) is 5.69 Å². The summed E-state index contributed by atoms with van der Waals surface area (Å²) in [5.74, 6) is 0. The number of hydrogen-bond acceptors (Lipinski definition) is 3. The molecule has 1 aromatic rings. The number of fused-ring (bicyclic) bond motifs is 1. The molecule has 1 saturated heterocycles. The van der Waals surface area contributed by atoms with Crippen molar-refractivity contribution in [1.82, 2.24) is 5.32 Å². The normalized spacial score (nSPS) is 25.0. The summed E-state index contributed by atoms with van der Waals surface area (Å²) in [6.07, 6.45) is 4.25. The van der Waals surface area contributed by atoms with Gasteiger partial charge >= 0.3 is 0 Å². The number of anilines is 1. The molecule has 3 nitrogen and oxygen atoms in total. The Balaban J connectivity index is 1.85. The van der Waals surface area contributed by atoms with Gasteiger partial charge in [-0.3, -0.25) is 0 Å². The molecular weight excluding hydrogens is 224 g/mol. The zero-order chi connectivity index (χ0) is 12.5. The first-order valence-corrected chi connectivity index (χ1v) is 7.01. The van der Waals surface area contributed by atoms with Crippen LogP contribution in [-0.2, 0) is 6.42 Å². The van der Waals surface area contributed by atoms with E-state index in [0.717, 1.165) is 31.5 Å². The largest absolute Gasteiger partial charge is 0.387 e. The summed E-state index contributed by atoms with van der Waals surface area (Å²) < 4.78 is 0. The third-order valence-electron chi connectivity index (χ3n) is 4.28. The van der Waals surface area contributed by atoms with Crippen LogP contribution in [0.1, 0.15) is 36.5 Å². The lowest BCUT2D eigenvalue weighted by atomic mass is 9.94. The van der Waals surface area contributed by atoms with Crippen molar-refractivity contribution in [2.24, 2.45) is 0 Å². The molecule has 2 aliphatic heterocycles. The summed E-state index contributed by atoms with van der Waals surface area (Å²) in [6.45, 7) is 2.18. The summed E-state index contributed by atoms with van der Waals surface area (Å²) in [4.78, 5) is 2.31. The van der Waals surface area contributed by atoms with Crippen LogP contribution in [0.15, 0.2) is 18.2 Å². The molecule has 0 bridgehead atoms. The highest BCUT2D eigenvalue weighted by atomic mass is 16.3. The number of benzene rings is 1. The van der Waals surface area contributed by atoms with Crippen molar-refractivity contribution >= 4 is 5.69 Å². The second-order valence-corrected chi connectivity index (χ2v) is 5.56. The Morgan fingerprint density at radius 3 is 3.06 bits per heavy atom. The fourth-order valence-electron chi connectivity index (χ4n) is 3.20. The van der Waals surface area contributed by atoms with Gasteiger partial charge in [0.15, 0.2) is 0 Å². The molecule has 1 fully saturated rings. The third-order valence-corrected chi connectivity index (χ3v) is 4.28. The molecule has 3 heteroatoms. The topological polar surface area (TPSA) is 35.5 Å². The minimum Gasteiger partial charge on any atom is -0.387 e. The van der Waals surface area contributed by atoms with Crippen molar-refractivity contribution in [3.63, 3.8) is 0 Å². The molecule has 0 saturated carbocycles. The van der Waals surface area contributed by atoms with Gasteiger partial charge in [0.1, 0.15) is 0 Å². The lowest BCUT2D eigenvalue weighted by molar-refractivity contribution is 0.137. The van der Waals surface area contributed by atoms with E-state index in [1.807, 2.05) is 0 Å². The van der Waals surface area contributed by atoms with Gasteiger partial charge in [-0.15, -0.1) is 0 Å². The smallest absolute Gasteiger partial charge is 0.0943 e. The van der Waals surface area contributed by atoms with E-state index >= 15 is 0 Å². The summed E-state index contributed by atoms with van der Waals surface area (Å²) in [6, 6.07) is 6.70. The fourth-order valence-corrected chi connectivity index (χ4v) is 3.20. The maximum Gasteiger partial charge on any atom is 0.0943 e. The van der Waals surface area contributed by atoms with E-state index in [9.17, 15) is 5.11 Å². The monoisotopic (exact) mass is 246 g/mol. The highest BCUT2D eigenvalue weighted by Crippen LogP contribution is 2.30. The zero-order valence-corrected chi connectivity index (χ0v) is 11.0. The molecule has 3 rings (SSSR count). The maximum atomic E-state index is 10.4. The number of aliphatic hydroxyl groups is 1. The Bertz CT molecular complexity index is 427. The Hall–Kier alpha value is -1.06. The minimum absolute atomic E-state index is 0.240. The molecule has 2 atom stereocenters. The van der Waals surface area contributed by atoms with Crippen LogP contribution < -0.4 is 10.2 Å². The Morgan fingerprint density at radius 2 is 2.28 bits per heavy atom. The van der Waals surface area contributed by atoms with Crippen molar-refractivity contribution in [2.45, 2.75) is 37.8 Å². The van der Waals surface area contributed by atoms with E-state index in [-0.39, 0.29) is 12.1 Å². The van der Waals surface area contributed by atoms with Crippen LogP contribution in [0.3, 0.4) is 0 Å². The van der Waals surface area contributed by atoms with E-state index in [0.29, 0.717) is 0 Å². The molecule has 18 heavy (non-hydrogen) atoms. The quantitative estimate of drug-likeness (QED) is 0.836. The maximum absolute atomic E-state index is 10.4. The lowest BCUT2D eigenvalue weighted by Gasteiger charge is -2.29. The van der Waals surface area contributed by atoms with E-state index in [4.69, 9.17) is 0 Å². The van der Waals surface area contributed by atoms with Crippen LogP contribution in [0, 0.1) is 0 Å². The van der Waals surface area contributed by atoms with E-state index in [1.54, 1.807) is 0 Å². The fraction of sp³-hybridized carbons (Fsp3) is 0.600. The van der Waals surface area contributed by atoms with Crippen molar-refractivity contribution < 1.29 is 5.11 Å². The molecular formula is C15H22N2O. The molecule has 2 N–H and O–H groups in total. The number of rotatable bonds is 2. The number of aryl methyl sites for hydroxylation is 1. The molecule has 1 aromatic carbocycles. The molecule has 98 valence electrons. The molecule has 0 aliphatic carbocycles. The summed E-state index contributed by atoms with van der Waals surface area (Å²) in [5.41, 5.74) is 3.79. The predicted octanol–water partition coefficient (Wildman–Crippen LogP) is 1.85. The lowest BCUT2D eigenvalue weighted by Crippen LogP contribution is -2.29. The molecule has 2 unspecified atom stereocenters. The third kappa shape index (κ3) is 2.13. The summed E-state index contributed by atoms with van der Waals surface area (Å²) in [7, 11) is 2.15. The van der Waals surface area contributed by atoms with E-state index < -0.39 is 0 Å². The molecule has 0 radical (unpaired) electrons. The van der Waals surface area contributed by atoms with Gasteiger partial charge in [-0.1, -0.05) is 12.1 Å². The molecule has 2 aliphatic rings. The van der Waals surface area contributed by atoms with Crippen molar-refractivity contribution in [2.75, 3.05) is 25.0 Å². The second kappa shape index (κ2) is 4.90. The van der Waals surface area contributed by atoms with Crippen LogP contribution in [0.2, 0.25) is 0 Å². The predicted molar refractivity (Wildman–Crippen MR) is 74.0 cm³/mol. The van der Waals surface area contributed by atoms with Crippen LogP contribution in [0.25, 0.3) is 0 Å². The van der Waals surface area contributed by atoms with Gasteiger partial charge in [0, 0.05) is 25.3 Å². The number of nitrogens with zero attached hydrogens (tertiary/aromatic N) is 1. The zero-order valence-electron chi connectivity index (χ0n) is 11.0. The average Bonchev–Trinajstić information content (AvgIpc) is 2.91. The van der Waals surface area contributed by atoms with Crippen LogP contribution >= 0.6 is 0 Å². The Kier molecular flexibility index (Phi) is 3.27. The standard InChI is InChI=1S/C15H22N2O/c1-17-9-3-4-11-10-12(6-7-14(11)17)15(18)13-5-2-8-16-13/h6-7,10,13,15-16,18H,2-5,8-9H2,1H3.